The Balaban J connectivity index is 1.51. The van der Waals surface area contributed by atoms with Crippen molar-refractivity contribution >= 4 is 11.6 Å². The zero-order chi connectivity index (χ0) is 18.8. The van der Waals surface area contributed by atoms with Gasteiger partial charge in [0.1, 0.15) is 12.1 Å². The van der Waals surface area contributed by atoms with Gasteiger partial charge in [0.05, 0.1) is 17.9 Å². The van der Waals surface area contributed by atoms with E-state index in [0.717, 1.165) is 37.9 Å². The highest BCUT2D eigenvalue weighted by Gasteiger charge is 2.32. The third-order valence-electron chi connectivity index (χ3n) is 5.73. The summed E-state index contributed by atoms with van der Waals surface area (Å²) >= 11 is 0. The summed E-state index contributed by atoms with van der Waals surface area (Å²) < 4.78 is 11.2. The molecule has 1 saturated heterocycles. The van der Waals surface area contributed by atoms with Crippen molar-refractivity contribution in [3.05, 3.63) is 41.7 Å². The van der Waals surface area contributed by atoms with E-state index >= 15 is 0 Å². The number of carbonyl (C=O) groups is 1. The summed E-state index contributed by atoms with van der Waals surface area (Å²) in [7, 11) is 0. The van der Waals surface area contributed by atoms with Crippen LogP contribution < -0.4 is 5.32 Å². The fourth-order valence-corrected chi connectivity index (χ4v) is 4.12. The first-order chi connectivity index (χ1) is 13.2. The Kier molecular flexibility index (Phi) is 5.22. The van der Waals surface area contributed by atoms with Crippen LogP contribution in [0.1, 0.15) is 60.4 Å². The number of anilines is 1. The molecule has 1 unspecified atom stereocenters. The van der Waals surface area contributed by atoms with E-state index < -0.39 is 0 Å². The molecule has 1 saturated carbocycles. The van der Waals surface area contributed by atoms with E-state index in [-0.39, 0.29) is 36.2 Å². The van der Waals surface area contributed by atoms with Crippen LogP contribution in [0.15, 0.2) is 29.3 Å². The van der Waals surface area contributed by atoms with Gasteiger partial charge in [-0.3, -0.25) is 4.79 Å². The molecule has 0 bridgehead atoms. The summed E-state index contributed by atoms with van der Waals surface area (Å²) in [5.41, 5.74) is 1.29. The van der Waals surface area contributed by atoms with Crippen LogP contribution in [0.25, 0.3) is 0 Å². The average Bonchev–Trinajstić information content (AvgIpc) is 3.42. The van der Waals surface area contributed by atoms with E-state index in [2.05, 4.69) is 22.2 Å². The van der Waals surface area contributed by atoms with Crippen molar-refractivity contribution in [2.75, 3.05) is 18.5 Å². The number of nitrogens with one attached hydrogen (secondary N) is 1. The molecule has 7 heteroatoms. The van der Waals surface area contributed by atoms with Crippen molar-refractivity contribution in [2.24, 2.45) is 11.8 Å². The highest BCUT2D eigenvalue weighted by molar-refractivity contribution is 6.10. The summed E-state index contributed by atoms with van der Waals surface area (Å²) in [5, 5.41) is 12.8. The smallest absolute Gasteiger partial charge is 0.233 e. The SMILES string of the molecule is C[C@H]1C[C@H](Nc2ncncc2C(=O)c2cc(C3CCCO3)co2)C[C@@H]1CO. The summed E-state index contributed by atoms with van der Waals surface area (Å²) in [6.45, 7) is 3.08. The largest absolute Gasteiger partial charge is 0.460 e. The van der Waals surface area contributed by atoms with Gasteiger partial charge in [0.2, 0.25) is 5.78 Å². The van der Waals surface area contributed by atoms with Crippen molar-refractivity contribution in [3.63, 3.8) is 0 Å². The minimum Gasteiger partial charge on any atom is -0.460 e. The molecule has 2 fully saturated rings. The van der Waals surface area contributed by atoms with Gasteiger partial charge in [-0.15, -0.1) is 0 Å². The number of ketones is 1. The van der Waals surface area contributed by atoms with Crippen molar-refractivity contribution in [1.29, 1.82) is 0 Å². The van der Waals surface area contributed by atoms with Crippen LogP contribution in [-0.2, 0) is 4.74 Å². The lowest BCUT2D eigenvalue weighted by Gasteiger charge is -2.15. The molecule has 2 aliphatic rings. The highest BCUT2D eigenvalue weighted by atomic mass is 16.5. The molecule has 0 aromatic carbocycles. The fraction of sp³-hybridized carbons (Fsp3) is 0.550. The molecule has 4 rings (SSSR count). The van der Waals surface area contributed by atoms with Gasteiger partial charge >= 0.3 is 0 Å². The minimum atomic E-state index is -0.243. The summed E-state index contributed by atoms with van der Waals surface area (Å²) in [6.07, 6.45) is 8.33. The predicted molar refractivity (Wildman–Crippen MR) is 98.5 cm³/mol. The monoisotopic (exact) mass is 371 g/mol. The maximum atomic E-state index is 13.0. The maximum absolute atomic E-state index is 13.0. The molecule has 0 amide bonds. The summed E-state index contributed by atoms with van der Waals surface area (Å²) in [5.74, 6) is 1.26. The number of hydrogen-bond donors (Lipinski definition) is 2. The van der Waals surface area contributed by atoms with Gasteiger partial charge in [-0.1, -0.05) is 6.92 Å². The van der Waals surface area contributed by atoms with Crippen LogP contribution in [-0.4, -0.2) is 40.1 Å². The van der Waals surface area contributed by atoms with Gasteiger partial charge in [0.15, 0.2) is 5.76 Å². The zero-order valence-electron chi connectivity index (χ0n) is 15.4. The molecule has 7 nitrogen and oxygen atoms in total. The molecule has 144 valence electrons. The molecular weight excluding hydrogens is 346 g/mol. The Morgan fingerprint density at radius 2 is 2.30 bits per heavy atom. The number of aromatic nitrogens is 2. The third kappa shape index (κ3) is 3.75. The molecule has 0 radical (unpaired) electrons. The van der Waals surface area contributed by atoms with E-state index in [1.54, 1.807) is 12.3 Å². The predicted octanol–water partition coefficient (Wildman–Crippen LogP) is 2.97. The normalized spacial score (nSPS) is 27.8. The van der Waals surface area contributed by atoms with Gasteiger partial charge in [-0.2, -0.15) is 0 Å². The van der Waals surface area contributed by atoms with Crippen molar-refractivity contribution in [3.8, 4) is 0 Å². The van der Waals surface area contributed by atoms with Gasteiger partial charge in [-0.05, 0) is 43.6 Å². The van der Waals surface area contributed by atoms with Gasteiger partial charge in [0.25, 0.3) is 0 Å². The molecule has 2 aromatic rings. The van der Waals surface area contributed by atoms with Crippen LogP contribution in [0.2, 0.25) is 0 Å². The van der Waals surface area contributed by atoms with E-state index in [9.17, 15) is 9.90 Å². The lowest BCUT2D eigenvalue weighted by atomic mass is 10.00. The van der Waals surface area contributed by atoms with Crippen LogP contribution in [0, 0.1) is 11.8 Å². The number of furan rings is 1. The Hall–Kier alpha value is -2.25. The lowest BCUT2D eigenvalue weighted by molar-refractivity contribution is 0.101. The number of nitrogens with zero attached hydrogens (tertiary/aromatic N) is 2. The van der Waals surface area contributed by atoms with Gasteiger partial charge < -0.3 is 19.6 Å². The van der Waals surface area contributed by atoms with Gasteiger partial charge in [-0.25, -0.2) is 9.97 Å². The lowest BCUT2D eigenvalue weighted by Crippen LogP contribution is -2.20. The molecule has 0 spiro atoms. The molecule has 1 aliphatic heterocycles. The first kappa shape index (κ1) is 18.1. The van der Waals surface area contributed by atoms with Crippen LogP contribution in [0.5, 0.6) is 0 Å². The molecule has 4 atom stereocenters. The molecule has 27 heavy (non-hydrogen) atoms. The van der Waals surface area contributed by atoms with E-state index in [4.69, 9.17) is 9.15 Å². The van der Waals surface area contributed by atoms with Crippen molar-refractivity contribution in [2.45, 2.75) is 44.8 Å². The highest BCUT2D eigenvalue weighted by Crippen LogP contribution is 2.34. The first-order valence-electron chi connectivity index (χ1n) is 9.57. The number of aliphatic hydroxyl groups excluding tert-OH is 1. The summed E-state index contributed by atoms with van der Waals surface area (Å²) in [4.78, 5) is 21.3. The Morgan fingerprint density at radius 3 is 3.04 bits per heavy atom. The van der Waals surface area contributed by atoms with Crippen molar-refractivity contribution < 1.29 is 19.1 Å². The van der Waals surface area contributed by atoms with E-state index in [1.165, 1.54) is 12.5 Å². The number of rotatable bonds is 6. The molecule has 1 aliphatic carbocycles. The number of carbonyl (C=O) groups excluding carboxylic acids is 1. The van der Waals surface area contributed by atoms with Crippen LogP contribution in [0.4, 0.5) is 5.82 Å². The van der Waals surface area contributed by atoms with Crippen LogP contribution in [0.3, 0.4) is 0 Å². The van der Waals surface area contributed by atoms with Gasteiger partial charge in [0, 0.05) is 31.0 Å². The number of aliphatic hydroxyl groups is 1. The fourth-order valence-electron chi connectivity index (χ4n) is 4.12. The second-order valence-corrected chi connectivity index (χ2v) is 7.59. The Bertz CT molecular complexity index is 800. The maximum Gasteiger partial charge on any atom is 0.233 e. The van der Waals surface area contributed by atoms with Crippen molar-refractivity contribution in [1.82, 2.24) is 9.97 Å². The standard InChI is InChI=1S/C20H25N3O4/c1-12-5-15(6-13(12)9-24)23-20-16(8-21-11-22-20)19(25)18-7-14(10-27-18)17-3-2-4-26-17/h7-8,10-13,15,17,24H,2-6,9H2,1H3,(H,21,22,23)/t12-,13+,15-,17?/m0/s1. The van der Waals surface area contributed by atoms with Crippen LogP contribution >= 0.6 is 0 Å². The Labute approximate surface area is 158 Å². The first-order valence-corrected chi connectivity index (χ1v) is 9.57. The third-order valence-corrected chi connectivity index (χ3v) is 5.73. The molecule has 3 heterocycles. The molecular formula is C20H25N3O4. The minimum absolute atomic E-state index is 0.00955. The quantitative estimate of drug-likeness (QED) is 0.753. The summed E-state index contributed by atoms with van der Waals surface area (Å²) in [6, 6.07) is 1.94. The average molecular weight is 371 g/mol. The second kappa shape index (κ2) is 7.78. The Morgan fingerprint density at radius 1 is 1.41 bits per heavy atom. The number of hydrogen-bond acceptors (Lipinski definition) is 7. The number of ether oxygens (including phenoxy) is 1. The second-order valence-electron chi connectivity index (χ2n) is 7.59. The van der Waals surface area contributed by atoms with E-state index in [1.807, 2.05) is 0 Å². The molecule has 2 aromatic heterocycles. The molecule has 2 N–H and O–H groups in total. The van der Waals surface area contributed by atoms with E-state index in [0.29, 0.717) is 17.3 Å². The zero-order valence-corrected chi connectivity index (χ0v) is 15.4. The topological polar surface area (TPSA) is 97.5 Å².